The van der Waals surface area contributed by atoms with Crippen LogP contribution in [0.3, 0.4) is 0 Å². The van der Waals surface area contributed by atoms with E-state index < -0.39 is 0 Å². The van der Waals surface area contributed by atoms with Crippen LogP contribution in [0.15, 0.2) is 36.4 Å². The van der Waals surface area contributed by atoms with Crippen LogP contribution in [0.5, 0.6) is 5.75 Å². The third-order valence-electron chi connectivity index (χ3n) is 5.88. The largest absolute Gasteiger partial charge is 0.508 e. The second-order valence-electron chi connectivity index (χ2n) is 8.28. The molecule has 4 heterocycles. The number of hydrogen-bond donors (Lipinski definition) is 1. The Morgan fingerprint density at radius 1 is 0.938 bits per heavy atom. The molecule has 0 bridgehead atoms. The zero-order chi connectivity index (χ0) is 21.9. The molecule has 0 aliphatic carbocycles. The van der Waals surface area contributed by atoms with Gasteiger partial charge in [0.05, 0.1) is 18.1 Å². The topological polar surface area (TPSA) is 77.9 Å². The first-order valence-corrected chi connectivity index (χ1v) is 11.8. The number of morpholine rings is 1. The summed E-state index contributed by atoms with van der Waals surface area (Å²) in [6, 6.07) is 11.4. The number of aromatic hydroxyl groups is 1. The van der Waals surface area contributed by atoms with Crippen molar-refractivity contribution >= 4 is 17.3 Å². The highest BCUT2D eigenvalue weighted by Crippen LogP contribution is 2.30. The van der Waals surface area contributed by atoms with Crippen LogP contribution in [0, 0.1) is 0 Å². The molecule has 2 aromatic heterocycles. The Kier molecular flexibility index (Phi) is 6.31. The van der Waals surface area contributed by atoms with Crippen molar-refractivity contribution in [3.63, 3.8) is 0 Å². The molecule has 0 atom stereocenters. The summed E-state index contributed by atoms with van der Waals surface area (Å²) in [5, 5.41) is 9.95. The predicted octanol–water partition coefficient (Wildman–Crippen LogP) is 2.56. The molecule has 3 aromatic rings. The molecule has 1 N–H and O–H groups in total. The smallest absolute Gasteiger partial charge is 0.229 e. The summed E-state index contributed by atoms with van der Waals surface area (Å²) in [6.45, 7) is 8.21. The maximum absolute atomic E-state index is 9.95. The summed E-state index contributed by atoms with van der Waals surface area (Å²) in [5.41, 5.74) is 0.775. The lowest BCUT2D eigenvalue weighted by atomic mass is 10.2. The molecule has 0 saturated carbocycles. The molecule has 2 saturated heterocycles. The summed E-state index contributed by atoms with van der Waals surface area (Å²) in [4.78, 5) is 23.7. The van der Waals surface area contributed by atoms with Gasteiger partial charge in [0, 0.05) is 56.3 Å². The molecule has 0 amide bonds. The van der Waals surface area contributed by atoms with E-state index in [1.165, 1.54) is 4.88 Å². The number of rotatable bonds is 5. The van der Waals surface area contributed by atoms with E-state index in [2.05, 4.69) is 33.9 Å². The monoisotopic (exact) mass is 452 g/mol. The van der Waals surface area contributed by atoms with Crippen LogP contribution >= 0.6 is 11.3 Å². The van der Waals surface area contributed by atoms with E-state index in [9.17, 15) is 5.11 Å². The molecule has 8 nitrogen and oxygen atoms in total. The van der Waals surface area contributed by atoms with Gasteiger partial charge in [0.1, 0.15) is 5.75 Å². The third-order valence-corrected chi connectivity index (χ3v) is 6.95. The van der Waals surface area contributed by atoms with Crippen LogP contribution in [0.4, 0.5) is 5.95 Å². The first-order valence-electron chi connectivity index (χ1n) is 11.0. The molecule has 9 heteroatoms. The minimum atomic E-state index is 0.197. The van der Waals surface area contributed by atoms with Crippen molar-refractivity contribution in [2.75, 3.05) is 64.4 Å². The average Bonchev–Trinajstić information content (AvgIpc) is 3.29. The third kappa shape index (κ3) is 4.91. The lowest BCUT2D eigenvalue weighted by Gasteiger charge is -2.31. The normalized spacial score (nSPS) is 18.2. The van der Waals surface area contributed by atoms with Crippen molar-refractivity contribution in [3.8, 4) is 27.8 Å². The Hall–Kier alpha value is -2.59. The van der Waals surface area contributed by atoms with Crippen molar-refractivity contribution in [2.24, 2.45) is 0 Å². The van der Waals surface area contributed by atoms with Gasteiger partial charge in [0.25, 0.3) is 0 Å². The molecule has 2 fully saturated rings. The van der Waals surface area contributed by atoms with Crippen molar-refractivity contribution in [1.82, 2.24) is 24.8 Å². The second kappa shape index (κ2) is 9.50. The zero-order valence-corrected chi connectivity index (χ0v) is 19.1. The van der Waals surface area contributed by atoms with Gasteiger partial charge < -0.3 is 19.6 Å². The number of piperazine rings is 1. The average molecular weight is 453 g/mol. The summed E-state index contributed by atoms with van der Waals surface area (Å²) < 4.78 is 5.50. The molecule has 2 aliphatic heterocycles. The van der Waals surface area contributed by atoms with Crippen LogP contribution in [0.1, 0.15) is 4.88 Å². The number of nitrogens with zero attached hydrogens (tertiary/aromatic N) is 6. The maximum atomic E-state index is 9.95. The first-order chi connectivity index (χ1) is 15.6. The van der Waals surface area contributed by atoms with Crippen LogP contribution in [-0.2, 0) is 11.3 Å². The Balaban J connectivity index is 1.45. The van der Waals surface area contributed by atoms with E-state index in [0.29, 0.717) is 30.8 Å². The highest BCUT2D eigenvalue weighted by Gasteiger charge is 2.20. The van der Waals surface area contributed by atoms with Crippen molar-refractivity contribution in [3.05, 3.63) is 41.3 Å². The van der Waals surface area contributed by atoms with Crippen molar-refractivity contribution in [1.29, 1.82) is 0 Å². The lowest BCUT2D eigenvalue weighted by molar-refractivity contribution is 0.122. The van der Waals surface area contributed by atoms with E-state index in [-0.39, 0.29) is 5.75 Å². The number of likely N-dealkylation sites (N-methyl/N-ethyl adjacent to an activating group) is 1. The standard InChI is InChI=1S/C23H28N6O2S/c1-27-7-9-28(10-8-27)16-19-5-6-20(32-19)22-24-21(17-3-2-4-18(30)15-17)25-23(26-22)29-11-13-31-14-12-29/h2-6,15,30H,7-14,16H2,1H3. The fourth-order valence-corrected chi connectivity index (χ4v) is 4.95. The van der Waals surface area contributed by atoms with Crippen molar-refractivity contribution < 1.29 is 9.84 Å². The summed E-state index contributed by atoms with van der Waals surface area (Å²) in [5.74, 6) is 2.10. The highest BCUT2D eigenvalue weighted by molar-refractivity contribution is 7.15. The van der Waals surface area contributed by atoms with Crippen LogP contribution in [0.2, 0.25) is 0 Å². The van der Waals surface area contributed by atoms with E-state index in [4.69, 9.17) is 19.7 Å². The molecule has 2 aliphatic rings. The molecule has 0 spiro atoms. The van der Waals surface area contributed by atoms with Gasteiger partial charge in [-0.05, 0) is 31.3 Å². The van der Waals surface area contributed by atoms with Gasteiger partial charge in [0.2, 0.25) is 5.95 Å². The van der Waals surface area contributed by atoms with Crippen LogP contribution in [0.25, 0.3) is 22.1 Å². The van der Waals surface area contributed by atoms with Gasteiger partial charge in [-0.3, -0.25) is 4.90 Å². The number of benzene rings is 1. The maximum Gasteiger partial charge on any atom is 0.229 e. The van der Waals surface area contributed by atoms with Gasteiger partial charge in [-0.2, -0.15) is 9.97 Å². The van der Waals surface area contributed by atoms with E-state index in [0.717, 1.165) is 56.3 Å². The molecule has 32 heavy (non-hydrogen) atoms. The molecule has 0 unspecified atom stereocenters. The number of phenolic OH excluding ortho intramolecular Hbond substituents is 1. The Bertz CT molecular complexity index is 1060. The first kappa shape index (κ1) is 21.3. The summed E-state index contributed by atoms with van der Waals surface area (Å²) >= 11 is 1.74. The van der Waals surface area contributed by atoms with Crippen molar-refractivity contribution in [2.45, 2.75) is 6.54 Å². The summed E-state index contributed by atoms with van der Waals surface area (Å²) in [6.07, 6.45) is 0. The number of aromatic nitrogens is 3. The van der Waals surface area contributed by atoms with Gasteiger partial charge >= 0.3 is 0 Å². The van der Waals surface area contributed by atoms with E-state index in [1.807, 2.05) is 12.1 Å². The van der Waals surface area contributed by atoms with E-state index in [1.54, 1.807) is 23.5 Å². The number of thiophene rings is 1. The van der Waals surface area contributed by atoms with Gasteiger partial charge in [0.15, 0.2) is 11.6 Å². The minimum absolute atomic E-state index is 0.197. The molecule has 5 rings (SSSR count). The molecular formula is C23H28N6O2S. The zero-order valence-electron chi connectivity index (χ0n) is 18.3. The fourth-order valence-electron chi connectivity index (χ4n) is 3.96. The number of anilines is 1. The van der Waals surface area contributed by atoms with Crippen LogP contribution in [-0.4, -0.2) is 89.4 Å². The van der Waals surface area contributed by atoms with Gasteiger partial charge in [-0.25, -0.2) is 4.98 Å². The number of ether oxygens (including phenoxy) is 1. The Morgan fingerprint density at radius 3 is 2.50 bits per heavy atom. The highest BCUT2D eigenvalue weighted by atomic mass is 32.1. The van der Waals surface area contributed by atoms with Gasteiger partial charge in [-0.1, -0.05) is 12.1 Å². The van der Waals surface area contributed by atoms with Crippen LogP contribution < -0.4 is 4.90 Å². The number of phenols is 1. The molecule has 168 valence electrons. The minimum Gasteiger partial charge on any atom is -0.508 e. The molecule has 0 radical (unpaired) electrons. The van der Waals surface area contributed by atoms with E-state index >= 15 is 0 Å². The molecule has 1 aromatic carbocycles. The Morgan fingerprint density at radius 2 is 1.72 bits per heavy atom. The predicted molar refractivity (Wildman–Crippen MR) is 126 cm³/mol. The molecular weight excluding hydrogens is 424 g/mol. The SMILES string of the molecule is CN1CCN(Cc2ccc(-c3nc(-c4cccc(O)c4)nc(N4CCOCC4)n3)s2)CC1. The quantitative estimate of drug-likeness (QED) is 0.633. The second-order valence-corrected chi connectivity index (χ2v) is 9.45. The summed E-state index contributed by atoms with van der Waals surface area (Å²) in [7, 11) is 2.18. The Labute approximate surface area is 192 Å². The number of hydrogen-bond acceptors (Lipinski definition) is 9. The fraction of sp³-hybridized carbons (Fsp3) is 0.435. The van der Waals surface area contributed by atoms with Gasteiger partial charge in [-0.15, -0.1) is 11.3 Å². The lowest BCUT2D eigenvalue weighted by Crippen LogP contribution is -2.43.